The van der Waals surface area contributed by atoms with Crippen LogP contribution in [0.2, 0.25) is 0 Å². The molecule has 1 aliphatic heterocycles. The van der Waals surface area contributed by atoms with Gasteiger partial charge in [-0.2, -0.15) is 4.57 Å². The van der Waals surface area contributed by atoms with Gasteiger partial charge in [0.2, 0.25) is 11.2 Å². The number of aryl methyl sites for hydroxylation is 1. The summed E-state index contributed by atoms with van der Waals surface area (Å²) in [6.07, 6.45) is 0. The van der Waals surface area contributed by atoms with Crippen molar-refractivity contribution in [3.8, 4) is 0 Å². The summed E-state index contributed by atoms with van der Waals surface area (Å²) in [7, 11) is 4.24. The van der Waals surface area contributed by atoms with Crippen molar-refractivity contribution in [3.63, 3.8) is 0 Å². The first-order valence-corrected chi connectivity index (χ1v) is 9.06. The lowest BCUT2D eigenvalue weighted by molar-refractivity contribution is -0.646. The first kappa shape index (κ1) is 14.8. The zero-order valence-corrected chi connectivity index (χ0v) is 15.4. The number of para-hydroxylation sites is 2. The highest BCUT2D eigenvalue weighted by Crippen LogP contribution is 2.48. The molecule has 3 aromatic rings. The summed E-state index contributed by atoms with van der Waals surface area (Å²) in [4.78, 5) is 3.55. The van der Waals surface area contributed by atoms with E-state index in [0.717, 1.165) is 4.48 Å². The fraction of sp³-hybridized carbons (Fsp3) is 0.105. The van der Waals surface area contributed by atoms with Crippen molar-refractivity contribution in [3.05, 3.63) is 71.4 Å². The van der Waals surface area contributed by atoms with Crippen LogP contribution in [0, 0.1) is 0 Å². The van der Waals surface area contributed by atoms with Gasteiger partial charge in [0.15, 0.2) is 0 Å². The Morgan fingerprint density at radius 3 is 2.57 bits per heavy atom. The molecule has 0 saturated carbocycles. The van der Waals surface area contributed by atoms with Gasteiger partial charge in [0, 0.05) is 29.5 Å². The maximum atomic E-state index is 3.85. The van der Waals surface area contributed by atoms with Gasteiger partial charge in [-0.05, 0) is 40.2 Å². The minimum absolute atomic E-state index is 1.12. The molecule has 0 spiro atoms. The van der Waals surface area contributed by atoms with Crippen molar-refractivity contribution in [2.45, 2.75) is 4.90 Å². The average molecular weight is 384 g/mol. The largest absolute Gasteiger partial charge is 0.337 e. The minimum atomic E-state index is 1.12. The molecule has 0 bridgehead atoms. The third-order valence-corrected chi connectivity index (χ3v) is 6.51. The van der Waals surface area contributed by atoms with E-state index < -0.39 is 0 Å². The molecular formula is C19H16BrN2S+. The third-order valence-electron chi connectivity index (χ3n) is 4.23. The van der Waals surface area contributed by atoms with Crippen LogP contribution in [0.15, 0.2) is 70.6 Å². The lowest BCUT2D eigenvalue weighted by Crippen LogP contribution is -2.34. The standard InChI is InChI=1S/C19H16BrN2S/c1-21-14-8-4-3-7-13(14)11-12-16(21)18(20)19-22(2)15-9-5-6-10-17(15)23-19/h3-12H,1-2H3/q+1. The molecule has 2 nitrogen and oxygen atoms in total. The Labute approximate surface area is 148 Å². The molecule has 1 aliphatic rings. The van der Waals surface area contributed by atoms with Gasteiger partial charge in [-0.15, -0.1) is 0 Å². The lowest BCUT2D eigenvalue weighted by Gasteiger charge is -2.15. The van der Waals surface area contributed by atoms with E-state index in [1.807, 2.05) is 0 Å². The number of benzene rings is 2. The van der Waals surface area contributed by atoms with E-state index in [9.17, 15) is 0 Å². The van der Waals surface area contributed by atoms with Crippen LogP contribution >= 0.6 is 27.7 Å². The molecule has 23 heavy (non-hydrogen) atoms. The highest BCUT2D eigenvalue weighted by atomic mass is 79.9. The number of nitrogens with zero attached hydrogens (tertiary/aromatic N) is 2. The molecule has 0 unspecified atom stereocenters. The second kappa shape index (κ2) is 5.69. The Hall–Kier alpha value is -1.78. The number of halogens is 1. The van der Waals surface area contributed by atoms with Crippen molar-refractivity contribution < 1.29 is 4.57 Å². The summed E-state index contributed by atoms with van der Waals surface area (Å²) in [6.45, 7) is 0. The van der Waals surface area contributed by atoms with Crippen LogP contribution in [0.25, 0.3) is 15.4 Å². The zero-order valence-electron chi connectivity index (χ0n) is 13.0. The molecule has 0 fully saturated rings. The lowest BCUT2D eigenvalue weighted by atomic mass is 10.2. The Morgan fingerprint density at radius 1 is 1.00 bits per heavy atom. The summed E-state index contributed by atoms with van der Waals surface area (Å²) in [6, 6.07) is 21.3. The van der Waals surface area contributed by atoms with Gasteiger partial charge in [0.05, 0.1) is 5.69 Å². The molecule has 2 heterocycles. The van der Waals surface area contributed by atoms with Gasteiger partial charge >= 0.3 is 0 Å². The summed E-state index contributed by atoms with van der Waals surface area (Å²) < 4.78 is 3.36. The van der Waals surface area contributed by atoms with Gasteiger partial charge in [-0.3, -0.25) is 0 Å². The van der Waals surface area contributed by atoms with Gasteiger partial charge in [0.1, 0.15) is 16.6 Å². The maximum Gasteiger partial charge on any atom is 0.222 e. The summed E-state index contributed by atoms with van der Waals surface area (Å²) >= 11 is 5.65. The van der Waals surface area contributed by atoms with Gasteiger partial charge in [-0.1, -0.05) is 36.0 Å². The first-order valence-electron chi connectivity index (χ1n) is 7.45. The SMILES string of the molecule is CN1/C(=C(/Br)c2ccc3ccccc3[n+]2C)Sc2ccccc21. The summed E-state index contributed by atoms with van der Waals surface area (Å²) in [5.74, 6) is 0. The number of hydrogen-bond acceptors (Lipinski definition) is 2. The molecular weight excluding hydrogens is 368 g/mol. The first-order chi connectivity index (χ1) is 11.2. The van der Waals surface area contributed by atoms with E-state index in [0.29, 0.717) is 0 Å². The van der Waals surface area contributed by atoms with E-state index >= 15 is 0 Å². The van der Waals surface area contributed by atoms with E-state index in [1.165, 1.54) is 32.2 Å². The van der Waals surface area contributed by atoms with Crippen molar-refractivity contribution in [1.82, 2.24) is 0 Å². The summed E-state index contributed by atoms with van der Waals surface area (Å²) in [5.41, 5.74) is 3.66. The Kier molecular flexibility index (Phi) is 3.66. The van der Waals surface area contributed by atoms with E-state index in [-0.39, 0.29) is 0 Å². The topological polar surface area (TPSA) is 7.12 Å². The molecule has 4 heteroatoms. The highest BCUT2D eigenvalue weighted by Gasteiger charge is 2.27. The van der Waals surface area contributed by atoms with Gasteiger partial charge in [0.25, 0.3) is 0 Å². The molecule has 0 saturated heterocycles. The van der Waals surface area contributed by atoms with Crippen molar-refractivity contribution in [2.75, 3.05) is 11.9 Å². The monoisotopic (exact) mass is 383 g/mol. The fourth-order valence-electron chi connectivity index (χ4n) is 2.97. The molecule has 114 valence electrons. The molecule has 0 radical (unpaired) electrons. The van der Waals surface area contributed by atoms with Crippen molar-refractivity contribution in [1.29, 1.82) is 0 Å². The number of fused-ring (bicyclic) bond motifs is 2. The number of rotatable bonds is 1. The number of anilines is 1. The van der Waals surface area contributed by atoms with Crippen LogP contribution in [0.5, 0.6) is 0 Å². The predicted molar refractivity (Wildman–Crippen MR) is 102 cm³/mol. The quantitative estimate of drug-likeness (QED) is 0.550. The fourth-order valence-corrected chi connectivity index (χ4v) is 4.97. The smallest absolute Gasteiger partial charge is 0.222 e. The average Bonchev–Trinajstić information content (AvgIpc) is 2.92. The molecule has 1 aromatic heterocycles. The second-order valence-electron chi connectivity index (χ2n) is 5.58. The highest BCUT2D eigenvalue weighted by molar-refractivity contribution is 9.15. The van der Waals surface area contributed by atoms with Crippen LogP contribution in [-0.2, 0) is 7.05 Å². The van der Waals surface area contributed by atoms with Crippen LogP contribution in [0.4, 0.5) is 5.69 Å². The van der Waals surface area contributed by atoms with Crippen LogP contribution in [-0.4, -0.2) is 7.05 Å². The molecule has 2 aromatic carbocycles. The van der Waals surface area contributed by atoms with Crippen LogP contribution < -0.4 is 9.47 Å². The van der Waals surface area contributed by atoms with Crippen molar-refractivity contribution in [2.24, 2.45) is 7.05 Å². The number of hydrogen-bond donors (Lipinski definition) is 0. The van der Waals surface area contributed by atoms with E-state index in [1.54, 1.807) is 11.8 Å². The molecule has 0 atom stereocenters. The number of thioether (sulfide) groups is 1. The zero-order chi connectivity index (χ0) is 16.0. The Bertz CT molecular complexity index is 949. The number of aromatic nitrogens is 1. The Morgan fingerprint density at radius 2 is 1.74 bits per heavy atom. The summed E-state index contributed by atoms with van der Waals surface area (Å²) in [5, 5.41) is 2.47. The van der Waals surface area contributed by atoms with E-state index in [4.69, 9.17) is 0 Å². The normalized spacial score (nSPS) is 15.9. The number of pyridine rings is 1. The van der Waals surface area contributed by atoms with Crippen LogP contribution in [0.3, 0.4) is 0 Å². The van der Waals surface area contributed by atoms with Crippen LogP contribution in [0.1, 0.15) is 5.69 Å². The van der Waals surface area contributed by atoms with Gasteiger partial charge < -0.3 is 4.90 Å². The van der Waals surface area contributed by atoms with Crippen molar-refractivity contribution >= 4 is 48.8 Å². The molecule has 0 aliphatic carbocycles. The molecule has 0 N–H and O–H groups in total. The predicted octanol–water partition coefficient (Wildman–Crippen LogP) is 4.93. The second-order valence-corrected chi connectivity index (χ2v) is 7.41. The molecule has 4 rings (SSSR count). The van der Waals surface area contributed by atoms with Gasteiger partial charge in [-0.25, -0.2) is 0 Å². The van der Waals surface area contributed by atoms with E-state index in [2.05, 4.69) is 100 Å². The Balaban J connectivity index is 1.87. The third kappa shape index (κ3) is 2.37. The maximum absolute atomic E-state index is 3.85. The molecule has 0 amide bonds. The minimum Gasteiger partial charge on any atom is -0.337 e.